The van der Waals surface area contributed by atoms with Gasteiger partial charge in [-0.05, 0) is 45.2 Å². The van der Waals surface area contributed by atoms with Crippen LogP contribution in [-0.4, -0.2) is 18.5 Å². The van der Waals surface area contributed by atoms with Crippen LogP contribution < -0.4 is 11.1 Å². The lowest BCUT2D eigenvalue weighted by atomic mass is 10.1. The number of carbonyl (C=O) groups is 1. The molecule has 0 heterocycles. The fourth-order valence-electron chi connectivity index (χ4n) is 1.79. The fraction of sp³-hybridized carbons (Fsp3) is 0.500. The lowest BCUT2D eigenvalue weighted by Gasteiger charge is -2.09. The molecule has 0 aliphatic heterocycles. The van der Waals surface area contributed by atoms with Crippen molar-refractivity contribution >= 4 is 5.91 Å². The Labute approximate surface area is 103 Å². The van der Waals surface area contributed by atoms with Gasteiger partial charge < -0.3 is 11.1 Å². The third-order valence-corrected chi connectivity index (χ3v) is 2.75. The smallest absolute Gasteiger partial charge is 0.251 e. The summed E-state index contributed by atoms with van der Waals surface area (Å²) in [6, 6.07) is 6.07. The first kappa shape index (κ1) is 13.7. The number of amides is 1. The van der Waals surface area contributed by atoms with E-state index in [2.05, 4.69) is 5.32 Å². The van der Waals surface area contributed by atoms with Gasteiger partial charge >= 0.3 is 0 Å². The molecule has 1 amide bonds. The van der Waals surface area contributed by atoms with Crippen molar-refractivity contribution in [2.45, 2.75) is 39.7 Å². The molecule has 1 atom stereocenters. The molecule has 3 heteroatoms. The predicted molar refractivity (Wildman–Crippen MR) is 71.1 cm³/mol. The van der Waals surface area contributed by atoms with Crippen LogP contribution in [-0.2, 0) is 0 Å². The average Bonchev–Trinajstić information content (AvgIpc) is 2.23. The monoisotopic (exact) mass is 234 g/mol. The minimum atomic E-state index is 0.00664. The molecule has 0 fully saturated rings. The van der Waals surface area contributed by atoms with Gasteiger partial charge in [-0.15, -0.1) is 0 Å². The molecule has 0 radical (unpaired) electrons. The zero-order valence-corrected chi connectivity index (χ0v) is 10.9. The molecule has 1 aromatic carbocycles. The minimum absolute atomic E-state index is 0.00664. The molecule has 3 N–H and O–H groups in total. The van der Waals surface area contributed by atoms with Gasteiger partial charge in [0.1, 0.15) is 0 Å². The number of nitrogens with one attached hydrogen (secondary N) is 1. The first-order chi connectivity index (χ1) is 8.00. The number of carbonyl (C=O) groups excluding carboxylic acids is 1. The second-order valence-corrected chi connectivity index (χ2v) is 4.69. The van der Waals surface area contributed by atoms with Crippen molar-refractivity contribution in [3.05, 3.63) is 34.9 Å². The summed E-state index contributed by atoms with van der Waals surface area (Å²) in [7, 11) is 0. The number of benzene rings is 1. The van der Waals surface area contributed by atoms with Crippen molar-refractivity contribution in [1.29, 1.82) is 0 Å². The summed E-state index contributed by atoms with van der Waals surface area (Å²) in [4.78, 5) is 11.9. The number of aryl methyl sites for hydroxylation is 2. The summed E-state index contributed by atoms with van der Waals surface area (Å²) < 4.78 is 0. The number of hydrogen-bond acceptors (Lipinski definition) is 2. The van der Waals surface area contributed by atoms with Crippen molar-refractivity contribution in [3.8, 4) is 0 Å². The highest BCUT2D eigenvalue weighted by Gasteiger charge is 2.07. The van der Waals surface area contributed by atoms with Gasteiger partial charge in [0.2, 0.25) is 0 Å². The van der Waals surface area contributed by atoms with E-state index in [1.54, 1.807) is 0 Å². The van der Waals surface area contributed by atoms with Crippen molar-refractivity contribution in [2.24, 2.45) is 5.73 Å². The van der Waals surface area contributed by atoms with Crippen LogP contribution >= 0.6 is 0 Å². The van der Waals surface area contributed by atoms with Gasteiger partial charge in [-0.3, -0.25) is 4.79 Å². The molecular weight excluding hydrogens is 212 g/mol. The lowest BCUT2D eigenvalue weighted by molar-refractivity contribution is 0.0952. The first-order valence-corrected chi connectivity index (χ1v) is 6.11. The molecule has 0 saturated heterocycles. The maximum Gasteiger partial charge on any atom is 0.251 e. The van der Waals surface area contributed by atoms with Crippen LogP contribution in [0, 0.1) is 13.8 Å². The Bertz CT molecular complexity index is 386. The largest absolute Gasteiger partial charge is 0.352 e. The van der Waals surface area contributed by atoms with Crippen molar-refractivity contribution in [3.63, 3.8) is 0 Å². The molecule has 0 aromatic heterocycles. The van der Waals surface area contributed by atoms with Crippen LogP contribution in [0.1, 0.15) is 41.3 Å². The summed E-state index contributed by atoms with van der Waals surface area (Å²) in [5.41, 5.74) is 8.61. The van der Waals surface area contributed by atoms with Gasteiger partial charge in [0.05, 0.1) is 0 Å². The summed E-state index contributed by atoms with van der Waals surface area (Å²) >= 11 is 0. The van der Waals surface area contributed by atoms with Crippen LogP contribution in [0.3, 0.4) is 0 Å². The van der Waals surface area contributed by atoms with Crippen LogP contribution in [0.4, 0.5) is 0 Å². The highest BCUT2D eigenvalue weighted by Crippen LogP contribution is 2.10. The Morgan fingerprint density at radius 1 is 1.41 bits per heavy atom. The Balaban J connectivity index is 2.47. The maximum absolute atomic E-state index is 11.9. The molecule has 0 aliphatic carbocycles. The molecule has 17 heavy (non-hydrogen) atoms. The highest BCUT2D eigenvalue weighted by molar-refractivity contribution is 5.95. The lowest BCUT2D eigenvalue weighted by Crippen LogP contribution is -2.26. The zero-order valence-electron chi connectivity index (χ0n) is 10.9. The Morgan fingerprint density at radius 3 is 2.71 bits per heavy atom. The Morgan fingerprint density at radius 2 is 2.12 bits per heavy atom. The van der Waals surface area contributed by atoms with Gasteiger partial charge in [0, 0.05) is 18.2 Å². The predicted octanol–water partition coefficient (Wildman–Crippen LogP) is 2.16. The SMILES string of the molecule is Cc1ccc(C(=O)NCCCC(C)N)c(C)c1. The van der Waals surface area contributed by atoms with Gasteiger partial charge in [-0.1, -0.05) is 17.7 Å². The highest BCUT2D eigenvalue weighted by atomic mass is 16.1. The molecule has 3 nitrogen and oxygen atoms in total. The summed E-state index contributed by atoms with van der Waals surface area (Å²) in [5.74, 6) is 0.00664. The second kappa shape index (κ2) is 6.40. The zero-order chi connectivity index (χ0) is 12.8. The van der Waals surface area contributed by atoms with Gasteiger partial charge in [-0.2, -0.15) is 0 Å². The molecule has 0 aliphatic rings. The van der Waals surface area contributed by atoms with E-state index < -0.39 is 0 Å². The second-order valence-electron chi connectivity index (χ2n) is 4.69. The van der Waals surface area contributed by atoms with Crippen molar-refractivity contribution in [2.75, 3.05) is 6.54 Å². The van der Waals surface area contributed by atoms with Crippen molar-refractivity contribution < 1.29 is 4.79 Å². The molecule has 94 valence electrons. The van der Waals surface area contributed by atoms with Gasteiger partial charge in [-0.25, -0.2) is 0 Å². The molecule has 0 spiro atoms. The van der Waals surface area contributed by atoms with E-state index in [-0.39, 0.29) is 11.9 Å². The van der Waals surface area contributed by atoms with E-state index in [1.807, 2.05) is 39.0 Å². The van der Waals surface area contributed by atoms with Crippen LogP contribution in [0.25, 0.3) is 0 Å². The standard InChI is InChI=1S/C14H22N2O/c1-10-6-7-13(11(2)9-10)14(17)16-8-4-5-12(3)15/h6-7,9,12H,4-5,8,15H2,1-3H3,(H,16,17). The minimum Gasteiger partial charge on any atom is -0.352 e. The van der Waals surface area contributed by atoms with E-state index in [0.717, 1.165) is 24.0 Å². The maximum atomic E-state index is 11.9. The molecule has 1 aromatic rings. The molecule has 1 rings (SSSR count). The Hall–Kier alpha value is -1.35. The quantitative estimate of drug-likeness (QED) is 0.767. The third-order valence-electron chi connectivity index (χ3n) is 2.75. The van der Waals surface area contributed by atoms with Crippen LogP contribution in [0.5, 0.6) is 0 Å². The van der Waals surface area contributed by atoms with E-state index in [0.29, 0.717) is 6.54 Å². The molecule has 0 bridgehead atoms. The van der Waals surface area contributed by atoms with E-state index in [4.69, 9.17) is 5.73 Å². The summed E-state index contributed by atoms with van der Waals surface area (Å²) in [5, 5.41) is 2.92. The summed E-state index contributed by atoms with van der Waals surface area (Å²) in [6.07, 6.45) is 1.86. The topological polar surface area (TPSA) is 55.1 Å². The number of rotatable bonds is 5. The van der Waals surface area contributed by atoms with E-state index in [9.17, 15) is 4.79 Å². The molecule has 1 unspecified atom stereocenters. The third kappa shape index (κ3) is 4.57. The fourth-order valence-corrected chi connectivity index (χ4v) is 1.79. The molecule has 0 saturated carbocycles. The summed E-state index contributed by atoms with van der Waals surface area (Å²) in [6.45, 7) is 6.65. The van der Waals surface area contributed by atoms with E-state index >= 15 is 0 Å². The van der Waals surface area contributed by atoms with Crippen molar-refractivity contribution in [1.82, 2.24) is 5.32 Å². The number of hydrogen-bond donors (Lipinski definition) is 2. The van der Waals surface area contributed by atoms with Gasteiger partial charge in [0.25, 0.3) is 5.91 Å². The van der Waals surface area contributed by atoms with Crippen LogP contribution in [0.15, 0.2) is 18.2 Å². The van der Waals surface area contributed by atoms with Gasteiger partial charge in [0.15, 0.2) is 0 Å². The average molecular weight is 234 g/mol. The normalized spacial score (nSPS) is 12.2. The first-order valence-electron chi connectivity index (χ1n) is 6.11. The number of nitrogens with two attached hydrogens (primary N) is 1. The van der Waals surface area contributed by atoms with Crippen LogP contribution in [0.2, 0.25) is 0 Å². The Kier molecular flexibility index (Phi) is 5.16. The molecular formula is C14H22N2O. The van der Waals surface area contributed by atoms with E-state index in [1.165, 1.54) is 5.56 Å².